The predicted molar refractivity (Wildman–Crippen MR) is 78.4 cm³/mol. The highest BCUT2D eigenvalue weighted by molar-refractivity contribution is 5.32. The maximum absolute atomic E-state index is 5.46. The van der Waals surface area contributed by atoms with E-state index in [0.29, 0.717) is 6.04 Å². The lowest BCUT2D eigenvalue weighted by atomic mass is 9.83. The Kier molecular flexibility index (Phi) is 5.64. The van der Waals surface area contributed by atoms with Crippen molar-refractivity contribution in [2.45, 2.75) is 51.5 Å². The molecule has 1 N–H and O–H groups in total. The van der Waals surface area contributed by atoms with E-state index in [-0.39, 0.29) is 0 Å². The third kappa shape index (κ3) is 3.93. The SMILES string of the molecule is CCNC(CC1CCCCC1)c1ccncc1OC. The molecule has 0 aliphatic heterocycles. The zero-order valence-corrected chi connectivity index (χ0v) is 12.2. The molecule has 19 heavy (non-hydrogen) atoms. The number of nitrogens with one attached hydrogen (secondary N) is 1. The van der Waals surface area contributed by atoms with Gasteiger partial charge in [-0.2, -0.15) is 0 Å². The minimum absolute atomic E-state index is 0.394. The Bertz CT molecular complexity index is 375. The quantitative estimate of drug-likeness (QED) is 0.848. The van der Waals surface area contributed by atoms with Gasteiger partial charge in [0.05, 0.1) is 13.3 Å². The molecule has 1 aromatic heterocycles. The van der Waals surface area contributed by atoms with E-state index in [1.807, 2.05) is 12.4 Å². The van der Waals surface area contributed by atoms with E-state index in [9.17, 15) is 0 Å². The van der Waals surface area contributed by atoms with Crippen LogP contribution >= 0.6 is 0 Å². The van der Waals surface area contributed by atoms with Gasteiger partial charge >= 0.3 is 0 Å². The van der Waals surface area contributed by atoms with Gasteiger partial charge < -0.3 is 10.1 Å². The van der Waals surface area contributed by atoms with Crippen LogP contribution in [-0.4, -0.2) is 18.6 Å². The van der Waals surface area contributed by atoms with Crippen LogP contribution in [0.25, 0.3) is 0 Å². The van der Waals surface area contributed by atoms with Gasteiger partial charge in [0, 0.05) is 17.8 Å². The lowest BCUT2D eigenvalue weighted by Crippen LogP contribution is -2.25. The Morgan fingerprint density at radius 3 is 2.84 bits per heavy atom. The Hall–Kier alpha value is -1.09. The summed E-state index contributed by atoms with van der Waals surface area (Å²) in [7, 11) is 1.73. The van der Waals surface area contributed by atoms with Gasteiger partial charge in [-0.25, -0.2) is 0 Å². The van der Waals surface area contributed by atoms with Crippen molar-refractivity contribution in [3.63, 3.8) is 0 Å². The maximum Gasteiger partial charge on any atom is 0.141 e. The first-order valence-electron chi connectivity index (χ1n) is 7.56. The number of aromatic nitrogens is 1. The number of hydrogen-bond acceptors (Lipinski definition) is 3. The number of nitrogens with zero attached hydrogens (tertiary/aromatic N) is 1. The summed E-state index contributed by atoms with van der Waals surface area (Å²) < 4.78 is 5.46. The summed E-state index contributed by atoms with van der Waals surface area (Å²) in [4.78, 5) is 4.15. The molecule has 1 aromatic rings. The fourth-order valence-corrected chi connectivity index (χ4v) is 3.17. The molecule has 2 rings (SSSR count). The van der Waals surface area contributed by atoms with Crippen LogP contribution in [0.5, 0.6) is 5.75 Å². The summed E-state index contributed by atoms with van der Waals surface area (Å²) in [6, 6.07) is 2.49. The highest BCUT2D eigenvalue weighted by Gasteiger charge is 2.21. The van der Waals surface area contributed by atoms with Crippen LogP contribution in [0.3, 0.4) is 0 Å². The third-order valence-corrected chi connectivity index (χ3v) is 4.16. The van der Waals surface area contributed by atoms with Gasteiger partial charge in [0.1, 0.15) is 5.75 Å². The van der Waals surface area contributed by atoms with E-state index in [4.69, 9.17) is 4.74 Å². The Balaban J connectivity index is 2.09. The topological polar surface area (TPSA) is 34.2 Å². The molecule has 0 aromatic carbocycles. The lowest BCUT2D eigenvalue weighted by Gasteiger charge is -2.28. The van der Waals surface area contributed by atoms with Crippen LogP contribution in [-0.2, 0) is 0 Å². The van der Waals surface area contributed by atoms with Crippen molar-refractivity contribution >= 4 is 0 Å². The van der Waals surface area contributed by atoms with Gasteiger partial charge in [-0.3, -0.25) is 4.98 Å². The molecule has 0 bridgehead atoms. The number of rotatable bonds is 6. The van der Waals surface area contributed by atoms with Gasteiger partial charge in [0.15, 0.2) is 0 Å². The summed E-state index contributed by atoms with van der Waals surface area (Å²) in [6.45, 7) is 3.16. The van der Waals surface area contributed by atoms with E-state index in [1.54, 1.807) is 7.11 Å². The second kappa shape index (κ2) is 7.49. The van der Waals surface area contributed by atoms with Crippen LogP contribution < -0.4 is 10.1 Å². The molecule has 0 saturated heterocycles. The summed E-state index contributed by atoms with van der Waals surface area (Å²) in [6.07, 6.45) is 11.9. The summed E-state index contributed by atoms with van der Waals surface area (Å²) >= 11 is 0. The fraction of sp³-hybridized carbons (Fsp3) is 0.688. The second-order valence-electron chi connectivity index (χ2n) is 5.47. The van der Waals surface area contributed by atoms with Crippen LogP contribution in [0.1, 0.15) is 57.1 Å². The summed E-state index contributed by atoms with van der Waals surface area (Å²) in [5, 5.41) is 3.61. The van der Waals surface area contributed by atoms with Crippen LogP contribution in [0, 0.1) is 5.92 Å². The molecular weight excluding hydrogens is 236 g/mol. The predicted octanol–water partition coefficient (Wildman–Crippen LogP) is 3.71. The smallest absolute Gasteiger partial charge is 0.141 e. The number of hydrogen-bond donors (Lipinski definition) is 1. The van der Waals surface area contributed by atoms with E-state index in [1.165, 1.54) is 44.1 Å². The molecule has 1 unspecified atom stereocenters. The van der Waals surface area contributed by atoms with Crippen molar-refractivity contribution in [1.82, 2.24) is 10.3 Å². The van der Waals surface area contributed by atoms with Crippen LogP contribution in [0.2, 0.25) is 0 Å². The molecule has 3 heteroatoms. The van der Waals surface area contributed by atoms with Crippen molar-refractivity contribution in [2.75, 3.05) is 13.7 Å². The average molecular weight is 262 g/mol. The Morgan fingerprint density at radius 2 is 2.16 bits per heavy atom. The molecule has 1 atom stereocenters. The van der Waals surface area contributed by atoms with E-state index < -0.39 is 0 Å². The monoisotopic (exact) mass is 262 g/mol. The molecule has 3 nitrogen and oxygen atoms in total. The zero-order valence-electron chi connectivity index (χ0n) is 12.2. The van der Waals surface area contributed by atoms with Gasteiger partial charge in [0.25, 0.3) is 0 Å². The average Bonchev–Trinajstić information content (AvgIpc) is 2.48. The molecule has 0 amide bonds. The maximum atomic E-state index is 5.46. The molecular formula is C16H26N2O. The number of methoxy groups -OCH3 is 1. The summed E-state index contributed by atoms with van der Waals surface area (Å²) in [5.74, 6) is 1.76. The Morgan fingerprint density at radius 1 is 1.37 bits per heavy atom. The first-order valence-corrected chi connectivity index (χ1v) is 7.56. The van der Waals surface area contributed by atoms with Gasteiger partial charge in [-0.1, -0.05) is 39.0 Å². The van der Waals surface area contributed by atoms with Crippen molar-refractivity contribution in [2.24, 2.45) is 5.92 Å². The molecule has 1 saturated carbocycles. The van der Waals surface area contributed by atoms with Crippen LogP contribution in [0.4, 0.5) is 0 Å². The van der Waals surface area contributed by atoms with Gasteiger partial charge in [-0.15, -0.1) is 0 Å². The first kappa shape index (κ1) is 14.3. The molecule has 1 fully saturated rings. The van der Waals surface area contributed by atoms with Crippen molar-refractivity contribution in [1.29, 1.82) is 0 Å². The molecule has 1 heterocycles. The Labute approximate surface area is 116 Å². The van der Waals surface area contributed by atoms with E-state index in [2.05, 4.69) is 23.3 Å². The van der Waals surface area contributed by atoms with E-state index in [0.717, 1.165) is 18.2 Å². The van der Waals surface area contributed by atoms with Crippen molar-refractivity contribution < 1.29 is 4.74 Å². The minimum atomic E-state index is 0.394. The normalized spacial score (nSPS) is 18.2. The number of pyridine rings is 1. The van der Waals surface area contributed by atoms with Gasteiger partial charge in [-0.05, 0) is 24.9 Å². The van der Waals surface area contributed by atoms with Gasteiger partial charge in [0.2, 0.25) is 0 Å². The summed E-state index contributed by atoms with van der Waals surface area (Å²) in [5.41, 5.74) is 1.25. The van der Waals surface area contributed by atoms with Crippen molar-refractivity contribution in [3.8, 4) is 5.75 Å². The third-order valence-electron chi connectivity index (χ3n) is 4.16. The largest absolute Gasteiger partial charge is 0.495 e. The zero-order chi connectivity index (χ0) is 13.5. The molecule has 0 spiro atoms. The molecule has 1 aliphatic rings. The van der Waals surface area contributed by atoms with Crippen LogP contribution in [0.15, 0.2) is 18.5 Å². The minimum Gasteiger partial charge on any atom is -0.495 e. The number of ether oxygens (including phenoxy) is 1. The lowest BCUT2D eigenvalue weighted by molar-refractivity contribution is 0.297. The first-order chi connectivity index (χ1) is 9.35. The highest BCUT2D eigenvalue weighted by Crippen LogP contribution is 2.34. The molecule has 106 valence electrons. The second-order valence-corrected chi connectivity index (χ2v) is 5.47. The van der Waals surface area contributed by atoms with Crippen molar-refractivity contribution in [3.05, 3.63) is 24.0 Å². The molecule has 0 radical (unpaired) electrons. The van der Waals surface area contributed by atoms with E-state index >= 15 is 0 Å². The standard InChI is InChI=1S/C16H26N2O/c1-3-18-15(11-13-7-5-4-6-8-13)14-9-10-17-12-16(14)19-2/h9-10,12-13,15,18H,3-8,11H2,1-2H3. The molecule has 1 aliphatic carbocycles. The highest BCUT2D eigenvalue weighted by atomic mass is 16.5. The fourth-order valence-electron chi connectivity index (χ4n) is 3.17.